The van der Waals surface area contributed by atoms with Crippen molar-refractivity contribution in [1.82, 2.24) is 25.3 Å². The quantitative estimate of drug-likeness (QED) is 0.603. The van der Waals surface area contributed by atoms with E-state index >= 15 is 0 Å². The Morgan fingerprint density at radius 3 is 2.66 bits per heavy atom. The van der Waals surface area contributed by atoms with Crippen LogP contribution in [-0.2, 0) is 6.54 Å². The second-order valence-electron chi connectivity index (χ2n) is 8.29. The summed E-state index contributed by atoms with van der Waals surface area (Å²) in [5, 5.41) is 11.4. The first-order valence-electron chi connectivity index (χ1n) is 11.1. The summed E-state index contributed by atoms with van der Waals surface area (Å²) in [6.07, 6.45) is 13.2. The lowest BCUT2D eigenvalue weighted by Gasteiger charge is -2.39. The minimum absolute atomic E-state index is 0.511. The number of aliphatic imine (C=N–C) groups is 1. The number of aromatic nitrogens is 2. The minimum atomic E-state index is 0.511. The molecule has 29 heavy (non-hydrogen) atoms. The molecule has 0 atom stereocenters. The summed E-state index contributed by atoms with van der Waals surface area (Å²) in [6.45, 7) is 3.17. The van der Waals surface area contributed by atoms with E-state index in [-0.39, 0.29) is 0 Å². The van der Waals surface area contributed by atoms with Gasteiger partial charge in [0.25, 0.3) is 0 Å². The van der Waals surface area contributed by atoms with E-state index < -0.39 is 0 Å². The number of nitrogens with one attached hydrogen (secondary N) is 2. The molecule has 6 nitrogen and oxygen atoms in total. The van der Waals surface area contributed by atoms with Crippen LogP contribution in [0.1, 0.15) is 50.5 Å². The molecule has 2 aliphatic rings. The molecule has 2 aromatic rings. The fourth-order valence-corrected chi connectivity index (χ4v) is 4.66. The Balaban J connectivity index is 1.25. The summed E-state index contributed by atoms with van der Waals surface area (Å²) < 4.78 is 1.89. The summed E-state index contributed by atoms with van der Waals surface area (Å²) in [4.78, 5) is 7.17. The molecule has 0 bridgehead atoms. The molecule has 0 radical (unpaired) electrons. The number of piperidine rings is 1. The van der Waals surface area contributed by atoms with Crippen molar-refractivity contribution in [2.45, 2.75) is 63.6 Å². The predicted molar refractivity (Wildman–Crippen MR) is 118 cm³/mol. The van der Waals surface area contributed by atoms with Gasteiger partial charge < -0.3 is 15.5 Å². The van der Waals surface area contributed by atoms with Crippen molar-refractivity contribution in [2.24, 2.45) is 4.99 Å². The van der Waals surface area contributed by atoms with Crippen molar-refractivity contribution >= 4 is 5.96 Å². The summed E-state index contributed by atoms with van der Waals surface area (Å²) in [5.74, 6) is 0.894. The average molecular weight is 395 g/mol. The lowest BCUT2D eigenvalue weighted by atomic mass is 9.92. The van der Waals surface area contributed by atoms with Gasteiger partial charge in [0.15, 0.2) is 5.96 Å². The maximum Gasteiger partial charge on any atom is 0.191 e. The molecule has 2 N–H and O–H groups in total. The van der Waals surface area contributed by atoms with Gasteiger partial charge in [0.1, 0.15) is 0 Å². The first-order chi connectivity index (χ1) is 14.3. The number of benzene rings is 1. The molecule has 1 aromatic heterocycles. The molecule has 1 aliphatic carbocycles. The summed E-state index contributed by atoms with van der Waals surface area (Å²) in [5.41, 5.74) is 2.29. The third kappa shape index (κ3) is 5.38. The van der Waals surface area contributed by atoms with E-state index in [9.17, 15) is 0 Å². The predicted octanol–water partition coefficient (Wildman–Crippen LogP) is 3.33. The molecule has 0 spiro atoms. The molecular weight excluding hydrogens is 360 g/mol. The normalized spacial score (nSPS) is 20.0. The molecular formula is C23H34N6. The molecule has 6 heteroatoms. The first kappa shape index (κ1) is 20.0. The first-order valence-corrected chi connectivity index (χ1v) is 11.1. The lowest BCUT2D eigenvalue weighted by Crippen LogP contribution is -2.50. The van der Waals surface area contributed by atoms with Gasteiger partial charge in [-0.05, 0) is 49.4 Å². The van der Waals surface area contributed by atoms with Gasteiger partial charge in [0, 0.05) is 51.2 Å². The van der Waals surface area contributed by atoms with E-state index in [4.69, 9.17) is 0 Å². The number of hydrogen-bond acceptors (Lipinski definition) is 3. The fourth-order valence-electron chi connectivity index (χ4n) is 4.66. The highest BCUT2D eigenvalue weighted by Gasteiger charge is 2.26. The Hall–Kier alpha value is -2.34. The van der Waals surface area contributed by atoms with Gasteiger partial charge in [0.05, 0.1) is 5.69 Å². The molecule has 1 saturated heterocycles. The second kappa shape index (κ2) is 9.92. The van der Waals surface area contributed by atoms with Gasteiger partial charge in [-0.25, -0.2) is 4.68 Å². The van der Waals surface area contributed by atoms with Gasteiger partial charge in [-0.15, -0.1) is 0 Å². The zero-order valence-electron chi connectivity index (χ0n) is 17.6. The summed E-state index contributed by atoms with van der Waals surface area (Å²) in [6, 6.07) is 11.7. The van der Waals surface area contributed by atoms with Crippen LogP contribution in [-0.4, -0.2) is 52.9 Å². The second-order valence-corrected chi connectivity index (χ2v) is 8.29. The molecule has 2 fully saturated rings. The zero-order valence-corrected chi connectivity index (χ0v) is 17.6. The van der Waals surface area contributed by atoms with Crippen molar-refractivity contribution in [1.29, 1.82) is 0 Å². The van der Waals surface area contributed by atoms with Crippen LogP contribution in [0.2, 0.25) is 0 Å². The molecule has 1 saturated carbocycles. The van der Waals surface area contributed by atoms with Crippen LogP contribution in [0, 0.1) is 0 Å². The highest BCUT2D eigenvalue weighted by Crippen LogP contribution is 2.25. The molecule has 0 unspecified atom stereocenters. The smallest absolute Gasteiger partial charge is 0.191 e. The highest BCUT2D eigenvalue weighted by molar-refractivity contribution is 5.80. The highest BCUT2D eigenvalue weighted by atomic mass is 15.3. The van der Waals surface area contributed by atoms with E-state index in [1.807, 2.05) is 24.0 Å². The van der Waals surface area contributed by atoms with Gasteiger partial charge >= 0.3 is 0 Å². The van der Waals surface area contributed by atoms with Crippen molar-refractivity contribution in [3.05, 3.63) is 48.3 Å². The minimum Gasteiger partial charge on any atom is -0.354 e. The Kier molecular flexibility index (Phi) is 6.83. The van der Waals surface area contributed by atoms with E-state index in [1.165, 1.54) is 63.6 Å². The maximum absolute atomic E-state index is 4.44. The van der Waals surface area contributed by atoms with Crippen LogP contribution >= 0.6 is 0 Å². The Bertz CT molecular complexity index is 770. The van der Waals surface area contributed by atoms with Crippen LogP contribution in [0.4, 0.5) is 0 Å². The summed E-state index contributed by atoms with van der Waals surface area (Å²) in [7, 11) is 1.85. The average Bonchev–Trinajstić information content (AvgIpc) is 3.33. The standard InChI is InChI=1S/C23H34N6/c1-24-23(25-18-19-7-5-10-22(17-19)29-14-6-13-26-29)27-20-11-15-28(16-12-20)21-8-3-2-4-9-21/h5-7,10,13-14,17,20-21H,2-4,8-9,11-12,15-16,18H2,1H3,(H2,24,25,27). The Morgan fingerprint density at radius 1 is 1.10 bits per heavy atom. The third-order valence-corrected chi connectivity index (χ3v) is 6.32. The fraction of sp³-hybridized carbons (Fsp3) is 0.565. The number of hydrogen-bond donors (Lipinski definition) is 2. The van der Waals surface area contributed by atoms with Gasteiger partial charge in [-0.2, -0.15) is 5.10 Å². The monoisotopic (exact) mass is 394 g/mol. The molecule has 156 valence electrons. The maximum atomic E-state index is 4.44. The number of likely N-dealkylation sites (tertiary alicyclic amines) is 1. The number of guanidine groups is 1. The van der Waals surface area contributed by atoms with Crippen LogP contribution in [0.15, 0.2) is 47.7 Å². The van der Waals surface area contributed by atoms with Gasteiger partial charge in [-0.1, -0.05) is 31.4 Å². The van der Waals surface area contributed by atoms with Gasteiger partial charge in [-0.3, -0.25) is 4.99 Å². The number of rotatable bonds is 5. The molecule has 4 rings (SSSR count). The molecule has 1 aliphatic heterocycles. The zero-order chi connectivity index (χ0) is 19.9. The van der Waals surface area contributed by atoms with E-state index in [1.54, 1.807) is 6.20 Å². The van der Waals surface area contributed by atoms with Crippen molar-refractivity contribution in [3.63, 3.8) is 0 Å². The van der Waals surface area contributed by atoms with Crippen LogP contribution in [0.5, 0.6) is 0 Å². The molecule has 1 aromatic carbocycles. The van der Waals surface area contributed by atoms with Crippen LogP contribution in [0.3, 0.4) is 0 Å². The molecule has 0 amide bonds. The van der Waals surface area contributed by atoms with Crippen molar-refractivity contribution in [2.75, 3.05) is 20.1 Å². The Labute approximate surface area is 174 Å². The van der Waals surface area contributed by atoms with Crippen LogP contribution < -0.4 is 10.6 Å². The van der Waals surface area contributed by atoms with Crippen LogP contribution in [0.25, 0.3) is 5.69 Å². The van der Waals surface area contributed by atoms with E-state index in [0.717, 1.165) is 24.2 Å². The third-order valence-electron chi connectivity index (χ3n) is 6.32. The van der Waals surface area contributed by atoms with Crippen molar-refractivity contribution in [3.8, 4) is 5.69 Å². The summed E-state index contributed by atoms with van der Waals surface area (Å²) >= 11 is 0. The van der Waals surface area contributed by atoms with Crippen molar-refractivity contribution < 1.29 is 0 Å². The SMILES string of the molecule is CN=C(NCc1cccc(-n2cccn2)c1)NC1CCN(C2CCCCC2)CC1. The van der Waals surface area contributed by atoms with E-state index in [0.29, 0.717) is 6.04 Å². The Morgan fingerprint density at radius 2 is 1.93 bits per heavy atom. The lowest BCUT2D eigenvalue weighted by molar-refractivity contribution is 0.119. The molecule has 2 heterocycles. The topological polar surface area (TPSA) is 57.5 Å². The van der Waals surface area contributed by atoms with Gasteiger partial charge in [0.2, 0.25) is 0 Å². The largest absolute Gasteiger partial charge is 0.354 e. The van der Waals surface area contributed by atoms with E-state index in [2.05, 4.69) is 49.9 Å². The number of nitrogens with zero attached hydrogens (tertiary/aromatic N) is 4.